The molecule has 5 atom stereocenters. The van der Waals surface area contributed by atoms with Gasteiger partial charge in [0.15, 0.2) is 0 Å². The third kappa shape index (κ3) is 6.97. The van der Waals surface area contributed by atoms with Crippen LogP contribution in [0.15, 0.2) is 0 Å². The lowest BCUT2D eigenvalue weighted by atomic mass is 9.83. The molecule has 0 aliphatic carbocycles. The Labute approximate surface area is 138 Å². The van der Waals surface area contributed by atoms with Crippen molar-refractivity contribution in [3.8, 4) is 0 Å². The summed E-state index contributed by atoms with van der Waals surface area (Å²) in [6.45, 7) is 6.48. The third-order valence-electron chi connectivity index (χ3n) is 5.20. The molecule has 1 saturated heterocycles. The van der Waals surface area contributed by atoms with Crippen molar-refractivity contribution >= 4 is 0 Å². The summed E-state index contributed by atoms with van der Waals surface area (Å²) in [5, 5.41) is 9.98. The van der Waals surface area contributed by atoms with Crippen LogP contribution in [0.2, 0.25) is 0 Å². The van der Waals surface area contributed by atoms with E-state index in [4.69, 9.17) is 10.5 Å². The summed E-state index contributed by atoms with van der Waals surface area (Å²) in [6.07, 6.45) is 13.5. The van der Waals surface area contributed by atoms with Crippen LogP contribution in [-0.2, 0) is 4.74 Å². The summed E-state index contributed by atoms with van der Waals surface area (Å²) in [5.41, 5.74) is 6.12. The van der Waals surface area contributed by atoms with Crippen LogP contribution in [0.1, 0.15) is 91.4 Å². The lowest BCUT2D eigenvalue weighted by Gasteiger charge is -2.40. The van der Waals surface area contributed by atoms with E-state index in [9.17, 15) is 5.11 Å². The second-order valence-corrected chi connectivity index (χ2v) is 7.23. The van der Waals surface area contributed by atoms with Crippen molar-refractivity contribution in [3.05, 3.63) is 0 Å². The van der Waals surface area contributed by atoms with E-state index in [0.717, 1.165) is 6.42 Å². The first-order valence-corrected chi connectivity index (χ1v) is 9.69. The van der Waals surface area contributed by atoms with Gasteiger partial charge in [0.25, 0.3) is 0 Å². The molecule has 1 heterocycles. The summed E-state index contributed by atoms with van der Waals surface area (Å²) < 4.78 is 6.11. The molecule has 0 spiro atoms. The number of rotatable bonds is 11. The fourth-order valence-electron chi connectivity index (χ4n) is 3.65. The van der Waals surface area contributed by atoms with E-state index in [2.05, 4.69) is 13.8 Å². The van der Waals surface area contributed by atoms with E-state index in [0.29, 0.717) is 5.92 Å². The van der Waals surface area contributed by atoms with Crippen molar-refractivity contribution in [1.29, 1.82) is 0 Å². The van der Waals surface area contributed by atoms with Gasteiger partial charge in [-0.25, -0.2) is 0 Å². The molecule has 3 nitrogen and oxygen atoms in total. The molecular formula is C19H39NO2. The molecule has 0 amide bonds. The van der Waals surface area contributed by atoms with Crippen molar-refractivity contribution < 1.29 is 9.84 Å². The topological polar surface area (TPSA) is 55.5 Å². The van der Waals surface area contributed by atoms with Crippen molar-refractivity contribution in [2.24, 2.45) is 11.7 Å². The number of nitrogens with two attached hydrogens (primary N) is 1. The monoisotopic (exact) mass is 313 g/mol. The van der Waals surface area contributed by atoms with Crippen LogP contribution in [0.4, 0.5) is 0 Å². The number of aliphatic hydroxyl groups is 1. The largest absolute Gasteiger partial charge is 0.389 e. The first-order valence-electron chi connectivity index (χ1n) is 9.69. The zero-order chi connectivity index (χ0) is 16.4. The summed E-state index contributed by atoms with van der Waals surface area (Å²) in [7, 11) is 0. The molecule has 1 rings (SSSR count). The highest BCUT2D eigenvalue weighted by molar-refractivity contribution is 4.88. The van der Waals surface area contributed by atoms with E-state index in [1.807, 2.05) is 6.92 Å². The molecule has 3 heteroatoms. The fraction of sp³-hybridized carbons (Fsp3) is 1.00. The number of unbranched alkanes of at least 4 members (excludes halogenated alkanes) is 6. The Morgan fingerprint density at radius 3 is 2.14 bits per heavy atom. The van der Waals surface area contributed by atoms with Crippen molar-refractivity contribution in [3.63, 3.8) is 0 Å². The number of aliphatic hydroxyl groups excluding tert-OH is 1. The Balaban J connectivity index is 2.45. The summed E-state index contributed by atoms with van der Waals surface area (Å²) >= 11 is 0. The fourth-order valence-corrected chi connectivity index (χ4v) is 3.65. The average Bonchev–Trinajstić information content (AvgIpc) is 2.50. The molecular weight excluding hydrogens is 274 g/mol. The van der Waals surface area contributed by atoms with Crippen molar-refractivity contribution in [2.45, 2.75) is 116 Å². The summed E-state index contributed by atoms with van der Waals surface area (Å²) in [5.74, 6) is 0.620. The lowest BCUT2D eigenvalue weighted by Crippen LogP contribution is -2.52. The SMILES string of the molecule is CCCCCCCC(CCCCC)[C@H]1C[C@H](N)[C@H](O)[C@H](C)O1. The van der Waals surface area contributed by atoms with Gasteiger partial charge >= 0.3 is 0 Å². The van der Waals surface area contributed by atoms with Crippen LogP contribution < -0.4 is 5.73 Å². The maximum Gasteiger partial charge on any atom is 0.0950 e. The molecule has 0 bridgehead atoms. The van der Waals surface area contributed by atoms with Crippen molar-refractivity contribution in [1.82, 2.24) is 0 Å². The maximum atomic E-state index is 9.98. The minimum absolute atomic E-state index is 0.123. The molecule has 1 fully saturated rings. The van der Waals surface area contributed by atoms with E-state index in [-0.39, 0.29) is 18.2 Å². The number of ether oxygens (including phenoxy) is 1. The first-order chi connectivity index (χ1) is 10.6. The summed E-state index contributed by atoms with van der Waals surface area (Å²) in [4.78, 5) is 0. The molecule has 1 aliphatic rings. The lowest BCUT2D eigenvalue weighted by molar-refractivity contribution is -0.137. The number of hydrogen-bond acceptors (Lipinski definition) is 3. The number of hydrogen-bond donors (Lipinski definition) is 2. The zero-order valence-electron chi connectivity index (χ0n) is 15.1. The van der Waals surface area contributed by atoms with E-state index in [1.165, 1.54) is 64.2 Å². The molecule has 1 aliphatic heterocycles. The minimum atomic E-state index is -0.503. The van der Waals surface area contributed by atoms with Crippen molar-refractivity contribution in [2.75, 3.05) is 0 Å². The van der Waals surface area contributed by atoms with Crippen LogP contribution >= 0.6 is 0 Å². The van der Waals surface area contributed by atoms with Crippen LogP contribution in [0.25, 0.3) is 0 Å². The quantitative estimate of drug-likeness (QED) is 0.556. The Morgan fingerprint density at radius 1 is 1.00 bits per heavy atom. The van der Waals surface area contributed by atoms with Crippen LogP contribution in [0.5, 0.6) is 0 Å². The predicted octanol–water partition coefficient (Wildman–Crippen LogP) is 4.41. The molecule has 3 N–H and O–H groups in total. The first kappa shape index (κ1) is 19.9. The predicted molar refractivity (Wildman–Crippen MR) is 93.9 cm³/mol. The average molecular weight is 314 g/mol. The van der Waals surface area contributed by atoms with Gasteiger partial charge in [-0.05, 0) is 32.1 Å². The molecule has 0 radical (unpaired) electrons. The molecule has 132 valence electrons. The zero-order valence-corrected chi connectivity index (χ0v) is 15.1. The summed E-state index contributed by atoms with van der Waals surface area (Å²) in [6, 6.07) is -0.123. The Kier molecular flexibility index (Phi) is 10.3. The second-order valence-electron chi connectivity index (χ2n) is 7.23. The van der Waals surface area contributed by atoms with Gasteiger partial charge in [0, 0.05) is 6.04 Å². The van der Waals surface area contributed by atoms with Crippen LogP contribution in [0.3, 0.4) is 0 Å². The van der Waals surface area contributed by atoms with Crippen LogP contribution in [-0.4, -0.2) is 29.5 Å². The molecule has 0 aromatic carbocycles. The van der Waals surface area contributed by atoms with Gasteiger partial charge in [0.1, 0.15) is 0 Å². The van der Waals surface area contributed by atoms with E-state index < -0.39 is 6.10 Å². The third-order valence-corrected chi connectivity index (χ3v) is 5.20. The Bertz CT molecular complexity index is 260. The van der Waals surface area contributed by atoms with Gasteiger partial charge in [0.2, 0.25) is 0 Å². The Morgan fingerprint density at radius 2 is 1.55 bits per heavy atom. The highest BCUT2D eigenvalue weighted by atomic mass is 16.5. The molecule has 0 aromatic rings. The minimum Gasteiger partial charge on any atom is -0.389 e. The van der Waals surface area contributed by atoms with Crippen LogP contribution in [0, 0.1) is 5.92 Å². The Hall–Kier alpha value is -0.120. The van der Waals surface area contributed by atoms with Gasteiger partial charge in [0.05, 0.1) is 18.3 Å². The molecule has 0 aromatic heterocycles. The van der Waals surface area contributed by atoms with Gasteiger partial charge in [-0.1, -0.05) is 65.2 Å². The van der Waals surface area contributed by atoms with Gasteiger partial charge in [-0.3, -0.25) is 0 Å². The second kappa shape index (κ2) is 11.4. The smallest absolute Gasteiger partial charge is 0.0950 e. The molecule has 1 unspecified atom stereocenters. The normalized spacial score (nSPS) is 30.4. The molecule has 22 heavy (non-hydrogen) atoms. The van der Waals surface area contributed by atoms with Gasteiger partial charge < -0.3 is 15.6 Å². The van der Waals surface area contributed by atoms with Gasteiger partial charge in [-0.15, -0.1) is 0 Å². The van der Waals surface area contributed by atoms with E-state index in [1.54, 1.807) is 0 Å². The van der Waals surface area contributed by atoms with E-state index >= 15 is 0 Å². The highest BCUT2D eigenvalue weighted by Gasteiger charge is 2.36. The maximum absolute atomic E-state index is 9.98. The highest BCUT2D eigenvalue weighted by Crippen LogP contribution is 2.31. The van der Waals surface area contributed by atoms with Gasteiger partial charge in [-0.2, -0.15) is 0 Å². The standard InChI is InChI=1S/C19H39NO2/c1-4-6-8-9-11-13-16(12-10-7-5-2)18-14-17(20)19(21)15(3)22-18/h15-19,21H,4-14,20H2,1-3H3/t15-,16?,17-,18+,19+/m0/s1. The molecule has 0 saturated carbocycles.